The number of aromatic nitrogens is 3. The van der Waals surface area contributed by atoms with Crippen LogP contribution in [0.25, 0.3) is 17.1 Å². The van der Waals surface area contributed by atoms with Gasteiger partial charge in [0.1, 0.15) is 11.4 Å². The quantitative estimate of drug-likeness (QED) is 0.464. The fourth-order valence-corrected chi connectivity index (χ4v) is 5.44. The molecule has 2 atom stereocenters. The summed E-state index contributed by atoms with van der Waals surface area (Å²) in [6.45, 7) is 1.97. The van der Waals surface area contributed by atoms with Gasteiger partial charge in [0.05, 0.1) is 11.3 Å². The van der Waals surface area contributed by atoms with E-state index in [4.69, 9.17) is 16.0 Å². The number of rotatable bonds is 6. The molecule has 10 nitrogen and oxygen atoms in total. The highest BCUT2D eigenvalue weighted by molar-refractivity contribution is 5.92. The van der Waals surface area contributed by atoms with Gasteiger partial charge in [0, 0.05) is 19.3 Å². The van der Waals surface area contributed by atoms with Crippen LogP contribution in [-0.4, -0.2) is 51.4 Å². The molecule has 5 rings (SSSR count). The molecule has 1 aliphatic heterocycles. The first-order valence-corrected chi connectivity index (χ1v) is 12.4. The molecule has 3 aromatic rings. The van der Waals surface area contributed by atoms with Gasteiger partial charge in [-0.05, 0) is 59.4 Å². The van der Waals surface area contributed by atoms with E-state index in [-0.39, 0.29) is 37.0 Å². The summed E-state index contributed by atoms with van der Waals surface area (Å²) in [5, 5.41) is 4.02. The van der Waals surface area contributed by atoms with Crippen LogP contribution in [0.15, 0.2) is 70.4 Å². The summed E-state index contributed by atoms with van der Waals surface area (Å²) >= 11 is 0. The molecule has 0 spiro atoms. The topological polar surface area (TPSA) is 150 Å². The highest BCUT2D eigenvalue weighted by Gasteiger charge is 2.52. The Labute approximate surface area is 226 Å². The number of hydrogen-bond acceptors (Lipinski definition) is 7. The predicted molar refractivity (Wildman–Crippen MR) is 136 cm³/mol. The summed E-state index contributed by atoms with van der Waals surface area (Å²) in [4.78, 5) is 35.6. The third-order valence-corrected chi connectivity index (χ3v) is 7.41. The minimum Gasteiger partial charge on any atom is -0.406 e. The fourth-order valence-electron chi connectivity index (χ4n) is 5.44. The molecule has 4 N–H and O–H groups in total. The van der Waals surface area contributed by atoms with Gasteiger partial charge < -0.3 is 25.6 Å². The maximum absolute atomic E-state index is 13.3. The van der Waals surface area contributed by atoms with Crippen molar-refractivity contribution in [2.24, 2.45) is 16.9 Å². The van der Waals surface area contributed by atoms with Crippen LogP contribution in [0, 0.1) is 5.41 Å². The van der Waals surface area contributed by atoms with E-state index in [1.165, 1.54) is 23.1 Å². The van der Waals surface area contributed by atoms with Gasteiger partial charge in [-0.3, -0.25) is 9.78 Å². The zero-order valence-electron chi connectivity index (χ0n) is 21.3. The normalized spacial score (nSPS) is 20.0. The fraction of sp³-hybridized carbons (Fsp3) is 0.296. The Hall–Kier alpha value is -4.68. The summed E-state index contributed by atoms with van der Waals surface area (Å²) in [5.41, 5.74) is 13.1. The van der Waals surface area contributed by atoms with E-state index in [2.05, 4.69) is 19.9 Å². The van der Waals surface area contributed by atoms with Gasteiger partial charge in [0.25, 0.3) is 0 Å². The molecule has 0 saturated carbocycles. The molecule has 0 radical (unpaired) electrons. The number of benzene rings is 1. The zero-order valence-corrected chi connectivity index (χ0v) is 21.3. The molecule has 2 unspecified atom stereocenters. The third-order valence-electron chi connectivity index (χ3n) is 7.41. The molecule has 0 bridgehead atoms. The van der Waals surface area contributed by atoms with Crippen LogP contribution in [0.5, 0.6) is 5.75 Å². The molecular formula is C27H25F3N6O4. The van der Waals surface area contributed by atoms with Crippen LogP contribution in [0.4, 0.5) is 18.0 Å². The van der Waals surface area contributed by atoms with Gasteiger partial charge >= 0.3 is 12.4 Å². The second-order valence-electron chi connectivity index (χ2n) is 9.59. The SMILES string of the molecule is CC(c1nc(-c2ccccn2)no1)C1(C(N)=O)CC=C(c2cccc(OC(F)(F)F)c2)C2=C1CN(C(N)=O)CC2. The van der Waals surface area contributed by atoms with E-state index < -0.39 is 29.6 Å². The summed E-state index contributed by atoms with van der Waals surface area (Å²) < 4.78 is 48.3. The van der Waals surface area contributed by atoms with Crippen molar-refractivity contribution in [2.45, 2.75) is 32.0 Å². The van der Waals surface area contributed by atoms with Gasteiger partial charge in [0.2, 0.25) is 17.6 Å². The van der Waals surface area contributed by atoms with Crippen LogP contribution < -0.4 is 16.2 Å². The number of halogens is 3. The number of nitrogens with zero attached hydrogens (tertiary/aromatic N) is 4. The van der Waals surface area contributed by atoms with Crippen LogP contribution in [-0.2, 0) is 4.79 Å². The number of alkyl halides is 3. The van der Waals surface area contributed by atoms with Gasteiger partial charge in [-0.15, -0.1) is 13.2 Å². The number of allylic oxidation sites excluding steroid dienone is 2. The molecule has 0 fully saturated rings. The van der Waals surface area contributed by atoms with Crippen molar-refractivity contribution in [3.8, 4) is 17.3 Å². The molecule has 13 heteroatoms. The van der Waals surface area contributed by atoms with Gasteiger partial charge in [-0.25, -0.2) is 4.79 Å². The average molecular weight is 555 g/mol. The maximum atomic E-state index is 13.3. The number of ether oxygens (including phenoxy) is 1. The Balaban J connectivity index is 1.60. The highest BCUT2D eigenvalue weighted by atomic mass is 19.4. The molecule has 1 aromatic carbocycles. The molecule has 1 aliphatic carbocycles. The van der Waals surface area contributed by atoms with Crippen molar-refractivity contribution in [1.29, 1.82) is 0 Å². The monoisotopic (exact) mass is 554 g/mol. The van der Waals surface area contributed by atoms with E-state index in [0.29, 0.717) is 34.4 Å². The minimum absolute atomic E-state index is 0.00470. The number of primary amides is 2. The lowest BCUT2D eigenvalue weighted by atomic mass is 9.61. The Morgan fingerprint density at radius 3 is 2.65 bits per heavy atom. The van der Waals surface area contributed by atoms with Crippen LogP contribution >= 0.6 is 0 Å². The Bertz CT molecular complexity index is 1520. The smallest absolute Gasteiger partial charge is 0.406 e. The Morgan fingerprint density at radius 1 is 1.18 bits per heavy atom. The summed E-state index contributed by atoms with van der Waals surface area (Å²) in [5.74, 6) is -1.42. The van der Waals surface area contributed by atoms with Crippen molar-refractivity contribution in [1.82, 2.24) is 20.0 Å². The highest BCUT2D eigenvalue weighted by Crippen LogP contribution is 2.53. The summed E-state index contributed by atoms with van der Waals surface area (Å²) in [7, 11) is 0. The van der Waals surface area contributed by atoms with E-state index in [1.807, 2.05) is 0 Å². The lowest BCUT2D eigenvalue weighted by molar-refractivity contribution is -0.274. The van der Waals surface area contributed by atoms with E-state index in [0.717, 1.165) is 0 Å². The second kappa shape index (κ2) is 10.1. The lowest BCUT2D eigenvalue weighted by Crippen LogP contribution is -2.51. The van der Waals surface area contributed by atoms with Gasteiger partial charge in [0.15, 0.2) is 0 Å². The summed E-state index contributed by atoms with van der Waals surface area (Å²) in [6.07, 6.45) is -1.15. The molecule has 2 aliphatic rings. The van der Waals surface area contributed by atoms with E-state index in [9.17, 15) is 22.8 Å². The number of carbonyl (C=O) groups excluding carboxylic acids is 2. The van der Waals surface area contributed by atoms with Crippen molar-refractivity contribution in [3.63, 3.8) is 0 Å². The number of amides is 3. The molecule has 3 amide bonds. The van der Waals surface area contributed by atoms with Crippen molar-refractivity contribution < 1.29 is 32.0 Å². The first kappa shape index (κ1) is 26.9. The average Bonchev–Trinajstić information content (AvgIpc) is 3.41. The lowest BCUT2D eigenvalue weighted by Gasteiger charge is -2.45. The molecule has 0 saturated heterocycles. The molecular weight excluding hydrogens is 529 g/mol. The van der Waals surface area contributed by atoms with Crippen LogP contribution in [0.2, 0.25) is 0 Å². The molecule has 2 aromatic heterocycles. The Kier molecular flexibility index (Phi) is 6.82. The number of pyridine rings is 1. The first-order valence-electron chi connectivity index (χ1n) is 12.4. The molecule has 40 heavy (non-hydrogen) atoms. The number of carbonyl (C=O) groups is 2. The van der Waals surface area contributed by atoms with Crippen LogP contribution in [0.3, 0.4) is 0 Å². The second-order valence-corrected chi connectivity index (χ2v) is 9.59. The zero-order chi connectivity index (χ0) is 28.7. The van der Waals surface area contributed by atoms with E-state index in [1.54, 1.807) is 43.5 Å². The van der Waals surface area contributed by atoms with Crippen LogP contribution in [0.1, 0.15) is 37.1 Å². The standard InChI is InChI=1S/C27H25F3N6O4/c1-15(23-34-22(35-40-23)21-7-2-3-11-33-21)26(24(31)37)10-8-18(19-9-12-36(25(32)38)14-20(19)26)16-5-4-6-17(13-16)39-27(28,29)30/h2-8,11,13,15H,9-10,12,14H2,1H3,(H2,31,37)(H2,32,38). The van der Waals surface area contributed by atoms with Crippen molar-refractivity contribution >= 4 is 17.5 Å². The predicted octanol–water partition coefficient (Wildman–Crippen LogP) is 4.17. The minimum atomic E-state index is -4.86. The number of urea groups is 1. The maximum Gasteiger partial charge on any atom is 0.573 e. The Morgan fingerprint density at radius 2 is 1.98 bits per heavy atom. The van der Waals surface area contributed by atoms with Gasteiger partial charge in [-0.1, -0.05) is 36.4 Å². The van der Waals surface area contributed by atoms with Gasteiger partial charge in [-0.2, -0.15) is 4.98 Å². The molecule has 3 heterocycles. The van der Waals surface area contributed by atoms with Crippen molar-refractivity contribution in [2.75, 3.05) is 13.1 Å². The third kappa shape index (κ3) is 4.90. The largest absolute Gasteiger partial charge is 0.573 e. The summed E-state index contributed by atoms with van der Waals surface area (Å²) in [6, 6.07) is 10.1. The first-order chi connectivity index (χ1) is 19.0. The number of hydrogen-bond donors (Lipinski definition) is 2. The number of nitrogens with two attached hydrogens (primary N) is 2. The van der Waals surface area contributed by atoms with Crippen molar-refractivity contribution in [3.05, 3.63) is 77.3 Å². The molecule has 208 valence electrons. The van der Waals surface area contributed by atoms with E-state index >= 15 is 0 Å².